The zero-order chi connectivity index (χ0) is 19.5. The lowest BCUT2D eigenvalue weighted by Gasteiger charge is -2.30. The number of aliphatic hydroxyl groups is 5. The molecule has 6 heteroatoms. The molecular weight excluding hydrogens is 336 g/mol. The molecule has 0 bridgehead atoms. The van der Waals surface area contributed by atoms with Crippen LogP contribution in [0.15, 0.2) is 36.9 Å². The maximum absolute atomic E-state index is 10.3. The first-order valence-electron chi connectivity index (χ1n) is 9.08. The van der Waals surface area contributed by atoms with Gasteiger partial charge in [-0.1, -0.05) is 43.7 Å². The molecule has 0 aromatic heterocycles. The van der Waals surface area contributed by atoms with E-state index >= 15 is 0 Å². The summed E-state index contributed by atoms with van der Waals surface area (Å²) in [6, 6.07) is 7.99. The molecule has 1 aromatic rings. The van der Waals surface area contributed by atoms with Crippen LogP contribution in [0, 0.1) is 0 Å². The maximum Gasteiger partial charge on any atom is 0.111 e. The second-order valence-corrected chi connectivity index (χ2v) is 6.52. The molecule has 0 aliphatic carbocycles. The van der Waals surface area contributed by atoms with Gasteiger partial charge < -0.3 is 30.3 Å². The Balaban J connectivity index is 2.71. The average molecular weight is 368 g/mol. The van der Waals surface area contributed by atoms with Gasteiger partial charge in [-0.05, 0) is 30.4 Å². The molecule has 0 saturated carbocycles. The van der Waals surface area contributed by atoms with Crippen LogP contribution in [-0.2, 0) is 17.8 Å². The van der Waals surface area contributed by atoms with E-state index in [1.54, 1.807) is 6.08 Å². The number of benzene rings is 1. The average Bonchev–Trinajstić information content (AvgIpc) is 2.67. The van der Waals surface area contributed by atoms with Crippen LogP contribution in [0.3, 0.4) is 0 Å². The highest BCUT2D eigenvalue weighted by Crippen LogP contribution is 2.17. The van der Waals surface area contributed by atoms with Crippen LogP contribution in [0.2, 0.25) is 0 Å². The van der Waals surface area contributed by atoms with Crippen molar-refractivity contribution < 1.29 is 30.3 Å². The molecule has 0 radical (unpaired) electrons. The van der Waals surface area contributed by atoms with E-state index in [2.05, 4.69) is 19.6 Å². The lowest BCUT2D eigenvalue weighted by atomic mass is 9.97. The van der Waals surface area contributed by atoms with Crippen LogP contribution in [0.1, 0.15) is 37.3 Å². The fourth-order valence-electron chi connectivity index (χ4n) is 2.69. The van der Waals surface area contributed by atoms with Gasteiger partial charge in [0.1, 0.15) is 24.4 Å². The molecule has 26 heavy (non-hydrogen) atoms. The lowest BCUT2D eigenvalue weighted by molar-refractivity contribution is -0.152. The van der Waals surface area contributed by atoms with Gasteiger partial charge in [-0.3, -0.25) is 0 Å². The summed E-state index contributed by atoms with van der Waals surface area (Å²) in [5.41, 5.74) is 2.17. The summed E-state index contributed by atoms with van der Waals surface area (Å²) >= 11 is 0. The van der Waals surface area contributed by atoms with Crippen LogP contribution < -0.4 is 0 Å². The first-order chi connectivity index (χ1) is 12.4. The van der Waals surface area contributed by atoms with E-state index in [0.717, 1.165) is 24.8 Å². The van der Waals surface area contributed by atoms with Gasteiger partial charge in [0.15, 0.2) is 0 Å². The van der Waals surface area contributed by atoms with Crippen LogP contribution in [-0.4, -0.2) is 62.7 Å². The Morgan fingerprint density at radius 2 is 1.77 bits per heavy atom. The molecule has 5 N–H and O–H groups in total. The van der Waals surface area contributed by atoms with Crippen LogP contribution in [0.25, 0.3) is 0 Å². The van der Waals surface area contributed by atoms with Gasteiger partial charge in [-0.15, -0.1) is 6.58 Å². The molecule has 0 heterocycles. The van der Waals surface area contributed by atoms with Crippen molar-refractivity contribution in [2.24, 2.45) is 0 Å². The third-order valence-electron chi connectivity index (χ3n) is 4.34. The topological polar surface area (TPSA) is 110 Å². The SMILES string of the molecule is C=CCC(OCc1cccc(CCCC)c1)C(O)C(O)C(O)C(O)CO. The molecule has 5 atom stereocenters. The smallest absolute Gasteiger partial charge is 0.111 e. The molecule has 0 amide bonds. The highest BCUT2D eigenvalue weighted by atomic mass is 16.5. The summed E-state index contributed by atoms with van der Waals surface area (Å²) < 4.78 is 5.74. The first-order valence-corrected chi connectivity index (χ1v) is 9.08. The summed E-state index contributed by atoms with van der Waals surface area (Å²) in [7, 11) is 0. The third kappa shape index (κ3) is 7.15. The number of ether oxygens (including phenoxy) is 1. The molecular formula is C20H32O6. The summed E-state index contributed by atoms with van der Waals surface area (Å²) in [5, 5.41) is 48.4. The molecule has 5 unspecified atom stereocenters. The molecule has 1 rings (SSSR count). The normalized spacial score (nSPS) is 17.3. The van der Waals surface area contributed by atoms with E-state index in [4.69, 9.17) is 9.84 Å². The third-order valence-corrected chi connectivity index (χ3v) is 4.34. The standard InChI is InChI=1S/C20H32O6/c1-3-5-8-14-9-6-10-15(11-14)13-26-17(7-4-2)19(24)20(25)18(23)16(22)12-21/h4,6,9-11,16-25H,2-3,5,7-8,12-13H2,1H3. The van der Waals surface area contributed by atoms with E-state index in [0.29, 0.717) is 0 Å². The summed E-state index contributed by atoms with van der Waals surface area (Å²) in [5.74, 6) is 0. The molecule has 6 nitrogen and oxygen atoms in total. The van der Waals surface area contributed by atoms with E-state index in [9.17, 15) is 20.4 Å². The van der Waals surface area contributed by atoms with Crippen molar-refractivity contribution in [1.82, 2.24) is 0 Å². The van der Waals surface area contributed by atoms with Crippen molar-refractivity contribution in [3.05, 3.63) is 48.0 Å². The van der Waals surface area contributed by atoms with E-state index in [1.165, 1.54) is 5.56 Å². The zero-order valence-electron chi connectivity index (χ0n) is 15.4. The number of aryl methyl sites for hydroxylation is 1. The van der Waals surface area contributed by atoms with Gasteiger partial charge in [-0.2, -0.15) is 0 Å². The molecule has 148 valence electrons. The Morgan fingerprint density at radius 3 is 2.38 bits per heavy atom. The second-order valence-electron chi connectivity index (χ2n) is 6.52. The van der Waals surface area contributed by atoms with Gasteiger partial charge >= 0.3 is 0 Å². The Kier molecular flexibility index (Phi) is 10.7. The minimum Gasteiger partial charge on any atom is -0.394 e. The van der Waals surface area contributed by atoms with Gasteiger partial charge in [0.2, 0.25) is 0 Å². The number of rotatable bonds is 13. The molecule has 0 saturated heterocycles. The van der Waals surface area contributed by atoms with Crippen molar-refractivity contribution in [2.75, 3.05) is 6.61 Å². The Morgan fingerprint density at radius 1 is 1.08 bits per heavy atom. The fourth-order valence-corrected chi connectivity index (χ4v) is 2.69. The summed E-state index contributed by atoms with van der Waals surface area (Å²) in [6.07, 6.45) is -2.08. The maximum atomic E-state index is 10.3. The Labute approximate surface area is 155 Å². The number of unbranched alkanes of at least 4 members (excludes halogenated alkanes) is 1. The highest BCUT2D eigenvalue weighted by Gasteiger charge is 2.34. The van der Waals surface area contributed by atoms with E-state index < -0.39 is 37.1 Å². The van der Waals surface area contributed by atoms with Gasteiger partial charge in [0.25, 0.3) is 0 Å². The van der Waals surface area contributed by atoms with Crippen molar-refractivity contribution in [2.45, 2.75) is 69.7 Å². The Hall–Kier alpha value is -1.28. The number of hydrogen-bond donors (Lipinski definition) is 5. The predicted molar refractivity (Wildman–Crippen MR) is 99.6 cm³/mol. The molecule has 1 aromatic carbocycles. The van der Waals surface area contributed by atoms with Crippen LogP contribution in [0.4, 0.5) is 0 Å². The number of aliphatic hydroxyl groups excluding tert-OH is 5. The summed E-state index contributed by atoms with van der Waals surface area (Å²) in [4.78, 5) is 0. The quantitative estimate of drug-likeness (QED) is 0.331. The van der Waals surface area contributed by atoms with Crippen molar-refractivity contribution >= 4 is 0 Å². The predicted octanol–water partition coefficient (Wildman–Crippen LogP) is 0.926. The molecule has 0 aliphatic heterocycles. The minimum atomic E-state index is -1.68. The second kappa shape index (κ2) is 12.2. The van der Waals surface area contributed by atoms with Gasteiger partial charge in [-0.25, -0.2) is 0 Å². The molecule has 0 aliphatic rings. The largest absolute Gasteiger partial charge is 0.394 e. The van der Waals surface area contributed by atoms with Gasteiger partial charge in [0.05, 0.1) is 19.3 Å². The number of hydrogen-bond acceptors (Lipinski definition) is 6. The minimum absolute atomic E-state index is 0.237. The monoisotopic (exact) mass is 368 g/mol. The van der Waals surface area contributed by atoms with E-state index in [1.807, 2.05) is 18.2 Å². The van der Waals surface area contributed by atoms with Gasteiger partial charge in [0, 0.05) is 0 Å². The lowest BCUT2D eigenvalue weighted by Crippen LogP contribution is -2.50. The zero-order valence-corrected chi connectivity index (χ0v) is 15.4. The van der Waals surface area contributed by atoms with Crippen molar-refractivity contribution in [1.29, 1.82) is 0 Å². The first kappa shape index (κ1) is 22.8. The highest BCUT2D eigenvalue weighted by molar-refractivity contribution is 5.23. The van der Waals surface area contributed by atoms with Crippen molar-refractivity contribution in [3.63, 3.8) is 0 Å². The fraction of sp³-hybridized carbons (Fsp3) is 0.600. The van der Waals surface area contributed by atoms with Crippen molar-refractivity contribution in [3.8, 4) is 0 Å². The van der Waals surface area contributed by atoms with E-state index in [-0.39, 0.29) is 13.0 Å². The molecule has 0 spiro atoms. The summed E-state index contributed by atoms with van der Waals surface area (Å²) in [6.45, 7) is 5.27. The van der Waals surface area contributed by atoms with Crippen LogP contribution in [0.5, 0.6) is 0 Å². The Bertz CT molecular complexity index is 521. The van der Waals surface area contributed by atoms with Crippen LogP contribution >= 0.6 is 0 Å². The molecule has 0 fully saturated rings.